The van der Waals surface area contributed by atoms with Crippen LogP contribution in [0.2, 0.25) is 0 Å². The van der Waals surface area contributed by atoms with E-state index in [0.717, 1.165) is 24.8 Å². The zero-order valence-electron chi connectivity index (χ0n) is 13.9. The molecule has 0 aromatic heterocycles. The fourth-order valence-corrected chi connectivity index (χ4v) is 3.24. The van der Waals surface area contributed by atoms with Crippen LogP contribution in [0.25, 0.3) is 0 Å². The van der Waals surface area contributed by atoms with Gasteiger partial charge in [0.1, 0.15) is 12.4 Å². The van der Waals surface area contributed by atoms with Crippen molar-refractivity contribution in [1.82, 2.24) is 10.2 Å². The molecule has 3 rings (SSSR count). The highest BCUT2D eigenvalue weighted by Crippen LogP contribution is 2.21. The van der Waals surface area contributed by atoms with E-state index in [2.05, 4.69) is 40.5 Å². The minimum Gasteiger partial charge on any atom is -0.489 e. The van der Waals surface area contributed by atoms with E-state index in [1.54, 1.807) is 0 Å². The molecular formula is C20H26N2O. The molecular weight excluding hydrogens is 284 g/mol. The Morgan fingerprint density at radius 2 is 1.91 bits per heavy atom. The van der Waals surface area contributed by atoms with E-state index in [1.807, 2.05) is 31.3 Å². The fourth-order valence-electron chi connectivity index (χ4n) is 3.24. The molecule has 1 atom stereocenters. The highest BCUT2D eigenvalue weighted by molar-refractivity contribution is 5.29. The minimum atomic E-state index is 0.623. The topological polar surface area (TPSA) is 24.5 Å². The van der Waals surface area contributed by atoms with Crippen molar-refractivity contribution < 1.29 is 4.74 Å². The molecule has 1 heterocycles. The van der Waals surface area contributed by atoms with Crippen molar-refractivity contribution in [3.05, 3.63) is 65.7 Å². The number of hydrogen-bond acceptors (Lipinski definition) is 3. The standard InChI is InChI=1S/C20H26N2O/c1-21-13-19-10-11-22(15-19)14-18-8-5-9-20(12-18)23-16-17-6-3-2-4-7-17/h2-9,12,19,21H,10-11,13-16H2,1H3. The lowest BCUT2D eigenvalue weighted by atomic mass is 10.1. The summed E-state index contributed by atoms with van der Waals surface area (Å²) in [4.78, 5) is 2.54. The van der Waals surface area contributed by atoms with Crippen LogP contribution < -0.4 is 10.1 Å². The molecule has 0 saturated carbocycles. The van der Waals surface area contributed by atoms with Crippen molar-refractivity contribution in [3.63, 3.8) is 0 Å². The maximum atomic E-state index is 5.93. The molecule has 0 radical (unpaired) electrons. The van der Waals surface area contributed by atoms with Gasteiger partial charge in [-0.05, 0) is 55.7 Å². The molecule has 1 fully saturated rings. The van der Waals surface area contributed by atoms with E-state index in [0.29, 0.717) is 6.61 Å². The first-order valence-electron chi connectivity index (χ1n) is 8.46. The van der Waals surface area contributed by atoms with E-state index in [9.17, 15) is 0 Å². The average molecular weight is 310 g/mol. The smallest absolute Gasteiger partial charge is 0.120 e. The van der Waals surface area contributed by atoms with Crippen LogP contribution in [0.15, 0.2) is 54.6 Å². The molecule has 0 spiro atoms. The molecule has 2 aromatic carbocycles. The summed E-state index contributed by atoms with van der Waals surface area (Å²) < 4.78 is 5.93. The minimum absolute atomic E-state index is 0.623. The lowest BCUT2D eigenvalue weighted by Crippen LogP contribution is -2.24. The first-order chi connectivity index (χ1) is 11.3. The normalized spacial score (nSPS) is 18.2. The first-order valence-corrected chi connectivity index (χ1v) is 8.46. The highest BCUT2D eigenvalue weighted by atomic mass is 16.5. The van der Waals surface area contributed by atoms with Crippen LogP contribution in [-0.2, 0) is 13.2 Å². The van der Waals surface area contributed by atoms with Gasteiger partial charge >= 0.3 is 0 Å². The van der Waals surface area contributed by atoms with Crippen LogP contribution >= 0.6 is 0 Å². The third-order valence-electron chi connectivity index (χ3n) is 4.42. The van der Waals surface area contributed by atoms with Crippen molar-refractivity contribution in [2.45, 2.75) is 19.6 Å². The molecule has 23 heavy (non-hydrogen) atoms. The molecule has 122 valence electrons. The molecule has 1 saturated heterocycles. The summed E-state index contributed by atoms with van der Waals surface area (Å²) in [6.07, 6.45) is 1.30. The third kappa shape index (κ3) is 4.81. The van der Waals surface area contributed by atoms with Gasteiger partial charge in [-0.25, -0.2) is 0 Å². The van der Waals surface area contributed by atoms with Gasteiger partial charge in [0, 0.05) is 13.1 Å². The number of hydrogen-bond donors (Lipinski definition) is 1. The predicted molar refractivity (Wildman–Crippen MR) is 94.5 cm³/mol. The molecule has 0 bridgehead atoms. The Balaban J connectivity index is 1.53. The molecule has 1 unspecified atom stereocenters. The second-order valence-electron chi connectivity index (χ2n) is 6.37. The first kappa shape index (κ1) is 16.0. The van der Waals surface area contributed by atoms with Gasteiger partial charge < -0.3 is 10.1 Å². The van der Waals surface area contributed by atoms with Gasteiger partial charge in [-0.3, -0.25) is 4.90 Å². The number of ether oxygens (including phenoxy) is 1. The predicted octanol–water partition coefficient (Wildman–Crippen LogP) is 3.31. The number of likely N-dealkylation sites (tertiary alicyclic amines) is 1. The fraction of sp³-hybridized carbons (Fsp3) is 0.400. The number of rotatable bonds is 7. The van der Waals surface area contributed by atoms with Gasteiger partial charge in [-0.15, -0.1) is 0 Å². The molecule has 0 aliphatic carbocycles. The van der Waals surface area contributed by atoms with Crippen LogP contribution in [-0.4, -0.2) is 31.6 Å². The molecule has 1 aliphatic heterocycles. The second kappa shape index (κ2) is 8.14. The van der Waals surface area contributed by atoms with E-state index in [4.69, 9.17) is 4.74 Å². The maximum absolute atomic E-state index is 5.93. The number of benzene rings is 2. The van der Waals surface area contributed by atoms with Crippen molar-refractivity contribution in [2.24, 2.45) is 5.92 Å². The Kier molecular flexibility index (Phi) is 5.67. The Labute approximate surface area is 139 Å². The number of nitrogens with zero attached hydrogens (tertiary/aromatic N) is 1. The van der Waals surface area contributed by atoms with Crippen molar-refractivity contribution in [1.29, 1.82) is 0 Å². The summed E-state index contributed by atoms with van der Waals surface area (Å²) in [5, 5.41) is 3.29. The monoisotopic (exact) mass is 310 g/mol. The molecule has 3 nitrogen and oxygen atoms in total. The van der Waals surface area contributed by atoms with Crippen LogP contribution in [0.5, 0.6) is 5.75 Å². The van der Waals surface area contributed by atoms with Gasteiger partial charge in [-0.1, -0.05) is 42.5 Å². The Bertz CT molecular complexity index is 600. The summed E-state index contributed by atoms with van der Waals surface area (Å²) in [7, 11) is 2.04. The lowest BCUT2D eigenvalue weighted by molar-refractivity contribution is 0.300. The van der Waals surface area contributed by atoms with Crippen LogP contribution in [0.1, 0.15) is 17.5 Å². The van der Waals surface area contributed by atoms with Gasteiger partial charge in [0.05, 0.1) is 0 Å². The van der Waals surface area contributed by atoms with E-state index < -0.39 is 0 Å². The maximum Gasteiger partial charge on any atom is 0.120 e. The second-order valence-corrected chi connectivity index (χ2v) is 6.37. The van der Waals surface area contributed by atoms with Crippen LogP contribution in [0.4, 0.5) is 0 Å². The van der Waals surface area contributed by atoms with Crippen molar-refractivity contribution in [3.8, 4) is 5.75 Å². The molecule has 3 heteroatoms. The van der Waals surface area contributed by atoms with E-state index >= 15 is 0 Å². The number of nitrogens with one attached hydrogen (secondary N) is 1. The largest absolute Gasteiger partial charge is 0.489 e. The quantitative estimate of drug-likeness (QED) is 0.849. The van der Waals surface area contributed by atoms with E-state index in [1.165, 1.54) is 30.6 Å². The van der Waals surface area contributed by atoms with Gasteiger partial charge in [0.25, 0.3) is 0 Å². The van der Waals surface area contributed by atoms with Crippen molar-refractivity contribution in [2.75, 3.05) is 26.7 Å². The summed E-state index contributed by atoms with van der Waals surface area (Å²) in [5.41, 5.74) is 2.54. The molecule has 0 amide bonds. The van der Waals surface area contributed by atoms with E-state index in [-0.39, 0.29) is 0 Å². The van der Waals surface area contributed by atoms with Crippen LogP contribution in [0.3, 0.4) is 0 Å². The third-order valence-corrected chi connectivity index (χ3v) is 4.42. The SMILES string of the molecule is CNCC1CCN(Cc2cccc(OCc3ccccc3)c2)C1. The average Bonchev–Trinajstić information content (AvgIpc) is 3.02. The summed E-state index contributed by atoms with van der Waals surface area (Å²) in [6.45, 7) is 5.15. The van der Waals surface area contributed by atoms with Crippen molar-refractivity contribution >= 4 is 0 Å². The van der Waals surface area contributed by atoms with Gasteiger partial charge in [0.2, 0.25) is 0 Å². The Hall–Kier alpha value is -1.84. The lowest BCUT2D eigenvalue weighted by Gasteiger charge is -2.16. The zero-order chi connectivity index (χ0) is 15.9. The van der Waals surface area contributed by atoms with Crippen LogP contribution in [0, 0.1) is 5.92 Å². The molecule has 1 N–H and O–H groups in total. The zero-order valence-corrected chi connectivity index (χ0v) is 13.9. The Morgan fingerprint density at radius 3 is 2.74 bits per heavy atom. The summed E-state index contributed by atoms with van der Waals surface area (Å²) >= 11 is 0. The van der Waals surface area contributed by atoms with Gasteiger partial charge in [0.15, 0.2) is 0 Å². The summed E-state index contributed by atoms with van der Waals surface area (Å²) in [5.74, 6) is 1.75. The Morgan fingerprint density at radius 1 is 1.09 bits per heavy atom. The van der Waals surface area contributed by atoms with Gasteiger partial charge in [-0.2, -0.15) is 0 Å². The summed E-state index contributed by atoms with van der Waals surface area (Å²) in [6, 6.07) is 18.8. The molecule has 1 aliphatic rings. The molecule has 2 aromatic rings. The highest BCUT2D eigenvalue weighted by Gasteiger charge is 2.21.